The van der Waals surface area contributed by atoms with E-state index in [9.17, 15) is 18.3 Å². The fourth-order valence-electron chi connectivity index (χ4n) is 11.6. The SMILES string of the molecule is CC[C@H]1[C@@H](O)[C@@H]2[C@H](CC[C@]3(C)[C@@H]([C@H](C)CCOC(=O)NS(=O)(=O)c4ccc5c(c4)CCC(C)(C)O5)CC[C@@H]23)[C@@]2(C)CCCC[C@@H]12. The molecule has 6 rings (SSSR count). The minimum absolute atomic E-state index is 0.0408. The van der Waals surface area contributed by atoms with Crippen molar-refractivity contribution >= 4 is 16.1 Å². The van der Waals surface area contributed by atoms with Gasteiger partial charge in [-0.1, -0.05) is 47.0 Å². The van der Waals surface area contributed by atoms with E-state index in [1.165, 1.54) is 51.0 Å². The predicted octanol–water partition coefficient (Wildman–Crippen LogP) is 7.89. The molecule has 4 saturated carbocycles. The van der Waals surface area contributed by atoms with Gasteiger partial charge in [0.25, 0.3) is 10.0 Å². The summed E-state index contributed by atoms with van der Waals surface area (Å²) in [6.45, 7) is 13.8. The third kappa shape index (κ3) is 5.83. The van der Waals surface area contributed by atoms with E-state index in [1.54, 1.807) is 12.1 Å². The first kappa shape index (κ1) is 33.1. The van der Waals surface area contributed by atoms with Gasteiger partial charge in [0.2, 0.25) is 0 Å². The van der Waals surface area contributed by atoms with Gasteiger partial charge in [-0.15, -0.1) is 0 Å². The van der Waals surface area contributed by atoms with Gasteiger partial charge in [0.1, 0.15) is 11.4 Å². The van der Waals surface area contributed by atoms with E-state index in [4.69, 9.17) is 9.47 Å². The molecule has 0 bridgehead atoms. The summed E-state index contributed by atoms with van der Waals surface area (Å²) in [4.78, 5) is 12.7. The molecule has 4 aliphatic carbocycles. The Kier molecular flexibility index (Phi) is 8.84. The molecular formula is C37H57NO6S. The molecule has 45 heavy (non-hydrogen) atoms. The third-order valence-electron chi connectivity index (χ3n) is 13.8. The number of fused-ring (bicyclic) bond motifs is 6. The third-order valence-corrected chi connectivity index (χ3v) is 15.1. The van der Waals surface area contributed by atoms with Crippen LogP contribution in [-0.2, 0) is 21.2 Å². The molecule has 1 amide bonds. The van der Waals surface area contributed by atoms with Gasteiger partial charge in [-0.3, -0.25) is 0 Å². The van der Waals surface area contributed by atoms with Crippen molar-refractivity contribution in [3.05, 3.63) is 23.8 Å². The van der Waals surface area contributed by atoms with Gasteiger partial charge in [-0.2, -0.15) is 0 Å². The zero-order valence-corrected chi connectivity index (χ0v) is 29.3. The molecule has 0 unspecified atom stereocenters. The van der Waals surface area contributed by atoms with Crippen LogP contribution in [0.1, 0.15) is 118 Å². The Bertz CT molecular complexity index is 1380. The Morgan fingerprint density at radius 1 is 1.02 bits per heavy atom. The van der Waals surface area contributed by atoms with E-state index < -0.39 is 16.1 Å². The van der Waals surface area contributed by atoms with Gasteiger partial charge in [0.05, 0.1) is 17.6 Å². The highest BCUT2D eigenvalue weighted by Gasteiger charge is 2.64. The molecule has 0 aromatic heterocycles. The highest BCUT2D eigenvalue weighted by molar-refractivity contribution is 7.90. The van der Waals surface area contributed by atoms with E-state index in [-0.39, 0.29) is 28.6 Å². The van der Waals surface area contributed by atoms with Crippen LogP contribution in [0.15, 0.2) is 23.1 Å². The fourth-order valence-corrected chi connectivity index (χ4v) is 12.5. The van der Waals surface area contributed by atoms with E-state index in [1.807, 2.05) is 13.8 Å². The normalized spacial score (nSPS) is 39.3. The lowest BCUT2D eigenvalue weighted by Crippen LogP contribution is -2.61. The summed E-state index contributed by atoms with van der Waals surface area (Å²) < 4.78 is 39.5. The second-order valence-corrected chi connectivity index (χ2v) is 18.3. The van der Waals surface area contributed by atoms with Crippen molar-refractivity contribution in [2.75, 3.05) is 6.61 Å². The number of amides is 1. The van der Waals surface area contributed by atoms with Crippen molar-refractivity contribution in [2.24, 2.45) is 52.3 Å². The van der Waals surface area contributed by atoms with Crippen molar-refractivity contribution in [1.29, 1.82) is 0 Å². The topological polar surface area (TPSA) is 102 Å². The van der Waals surface area contributed by atoms with E-state index >= 15 is 0 Å². The average molecular weight is 644 g/mol. The Labute approximate surface area is 271 Å². The Hall–Kier alpha value is -1.80. The van der Waals surface area contributed by atoms with Gasteiger partial charge in [0, 0.05) is 0 Å². The first-order valence-corrected chi connectivity index (χ1v) is 19.4. The number of benzene rings is 1. The molecule has 4 fully saturated rings. The molecule has 8 heteroatoms. The zero-order valence-electron chi connectivity index (χ0n) is 28.4. The number of sulfonamides is 1. The minimum Gasteiger partial charge on any atom is -0.488 e. The quantitative estimate of drug-likeness (QED) is 0.313. The molecule has 1 aromatic rings. The Morgan fingerprint density at radius 3 is 2.53 bits per heavy atom. The summed E-state index contributed by atoms with van der Waals surface area (Å²) in [6, 6.07) is 4.74. The van der Waals surface area contributed by atoms with Crippen LogP contribution in [0.4, 0.5) is 4.79 Å². The standard InChI is InChI=1S/C37H57NO6S/c1-7-26-28-10-8-9-18-36(28,5)30-16-20-37(6)27(12-13-29(37)32(30)33(26)39)23(2)17-21-43-34(40)38-45(41,42)25-11-14-31-24(22-25)15-19-35(3,4)44-31/h11,14,22-23,26-30,32-33,39H,7-10,12-13,15-21H2,1-6H3,(H,38,40)/t23-,26-,27-,28+,29+,30+,32+,33-,36+,37-/m1/s1. The number of nitrogens with one attached hydrogen (secondary N) is 1. The van der Waals surface area contributed by atoms with Crippen molar-refractivity contribution < 1.29 is 27.8 Å². The summed E-state index contributed by atoms with van der Waals surface area (Å²) in [6.07, 6.45) is 12.1. The predicted molar refractivity (Wildman–Crippen MR) is 175 cm³/mol. The van der Waals surface area contributed by atoms with E-state index in [0.29, 0.717) is 65.4 Å². The molecule has 1 aliphatic heterocycles. The van der Waals surface area contributed by atoms with Crippen molar-refractivity contribution in [3.8, 4) is 5.75 Å². The number of rotatable bonds is 7. The lowest BCUT2D eigenvalue weighted by atomic mass is 9.41. The van der Waals surface area contributed by atoms with E-state index in [2.05, 4.69) is 32.4 Å². The van der Waals surface area contributed by atoms with Crippen LogP contribution in [0, 0.1) is 52.3 Å². The smallest absolute Gasteiger partial charge is 0.421 e. The van der Waals surface area contributed by atoms with Crippen molar-refractivity contribution in [3.63, 3.8) is 0 Å². The summed E-state index contributed by atoms with van der Waals surface area (Å²) in [7, 11) is -4.05. The maximum Gasteiger partial charge on any atom is 0.421 e. The number of carbonyl (C=O) groups excluding carboxylic acids is 1. The van der Waals surface area contributed by atoms with Gasteiger partial charge in [-0.05, 0) is 148 Å². The summed E-state index contributed by atoms with van der Waals surface area (Å²) in [5.74, 6) is 4.16. The van der Waals surface area contributed by atoms with Gasteiger partial charge in [-0.25, -0.2) is 17.9 Å². The van der Waals surface area contributed by atoms with E-state index in [0.717, 1.165) is 24.8 Å². The highest BCUT2D eigenvalue weighted by Crippen LogP contribution is 2.69. The maximum absolute atomic E-state index is 13.0. The van der Waals surface area contributed by atoms with Crippen molar-refractivity contribution in [1.82, 2.24) is 4.72 Å². The Balaban J connectivity index is 1.06. The van der Waals surface area contributed by atoms with Gasteiger partial charge < -0.3 is 14.6 Å². The minimum atomic E-state index is -4.05. The van der Waals surface area contributed by atoms with Crippen LogP contribution in [0.5, 0.6) is 5.75 Å². The first-order valence-electron chi connectivity index (χ1n) is 17.9. The van der Waals surface area contributed by atoms with Crippen LogP contribution in [0.25, 0.3) is 0 Å². The number of aliphatic hydroxyl groups is 1. The number of hydrogen-bond donors (Lipinski definition) is 2. The molecule has 2 N–H and O–H groups in total. The molecule has 1 aromatic carbocycles. The zero-order chi connectivity index (χ0) is 32.4. The van der Waals surface area contributed by atoms with Crippen LogP contribution in [0.3, 0.4) is 0 Å². The van der Waals surface area contributed by atoms with Crippen molar-refractivity contribution in [2.45, 2.75) is 135 Å². The summed E-state index contributed by atoms with van der Waals surface area (Å²) >= 11 is 0. The lowest BCUT2D eigenvalue weighted by Gasteiger charge is -2.64. The molecular weight excluding hydrogens is 586 g/mol. The average Bonchev–Trinajstić information content (AvgIpc) is 3.33. The van der Waals surface area contributed by atoms with Crippen LogP contribution in [-0.4, -0.2) is 37.9 Å². The molecule has 7 nitrogen and oxygen atoms in total. The number of hydrogen-bond acceptors (Lipinski definition) is 6. The second kappa shape index (κ2) is 12.0. The second-order valence-electron chi connectivity index (χ2n) is 16.6. The van der Waals surface area contributed by atoms with Crippen LogP contribution < -0.4 is 9.46 Å². The largest absolute Gasteiger partial charge is 0.488 e. The van der Waals surface area contributed by atoms with Crippen LogP contribution >= 0.6 is 0 Å². The number of aliphatic hydroxyl groups excluding tert-OH is 1. The molecule has 252 valence electrons. The summed E-state index contributed by atoms with van der Waals surface area (Å²) in [5, 5.41) is 11.9. The molecule has 0 radical (unpaired) electrons. The highest BCUT2D eigenvalue weighted by atomic mass is 32.2. The number of aryl methyl sites for hydroxylation is 1. The molecule has 5 aliphatic rings. The Morgan fingerprint density at radius 2 is 1.78 bits per heavy atom. The lowest BCUT2D eigenvalue weighted by molar-refractivity contribution is -0.194. The fraction of sp³-hybridized carbons (Fsp3) is 0.811. The molecule has 0 spiro atoms. The monoisotopic (exact) mass is 643 g/mol. The molecule has 10 atom stereocenters. The first-order chi connectivity index (χ1) is 21.2. The van der Waals surface area contributed by atoms with Gasteiger partial charge >= 0.3 is 6.09 Å². The maximum atomic E-state index is 13.0. The summed E-state index contributed by atoms with van der Waals surface area (Å²) in [5.41, 5.74) is 1.08. The molecule has 1 heterocycles. The number of ether oxygens (including phenoxy) is 2. The van der Waals surface area contributed by atoms with Crippen LogP contribution in [0.2, 0.25) is 0 Å². The van der Waals surface area contributed by atoms with Gasteiger partial charge in [0.15, 0.2) is 0 Å². The molecule has 0 saturated heterocycles. The number of carbonyl (C=O) groups is 1.